The molecule has 3 fully saturated rings. The van der Waals surface area contributed by atoms with Crippen LogP contribution < -0.4 is 0 Å². The van der Waals surface area contributed by atoms with Gasteiger partial charge in [0.25, 0.3) is 0 Å². The fourth-order valence-electron chi connectivity index (χ4n) is 4.11. The van der Waals surface area contributed by atoms with Gasteiger partial charge in [0.05, 0.1) is 25.2 Å². The molecule has 0 saturated carbocycles. The van der Waals surface area contributed by atoms with Crippen molar-refractivity contribution in [3.8, 4) is 0 Å². The zero-order valence-corrected chi connectivity index (χ0v) is 21.1. The number of rotatable bonds is 4. The van der Waals surface area contributed by atoms with Crippen LogP contribution in [0, 0.1) is 5.92 Å². The molecule has 2 N–H and O–H groups in total. The highest BCUT2D eigenvalue weighted by atomic mass is 32.1. The summed E-state index contributed by atoms with van der Waals surface area (Å²) in [7, 11) is 2.11. The smallest absolute Gasteiger partial charge is 0.475 e. The van der Waals surface area contributed by atoms with E-state index in [1.165, 1.54) is 5.01 Å². The molecule has 3 saturated heterocycles. The number of amides is 1. The van der Waals surface area contributed by atoms with Gasteiger partial charge in [0, 0.05) is 56.8 Å². The first-order valence-corrected chi connectivity index (χ1v) is 12.3. The summed E-state index contributed by atoms with van der Waals surface area (Å²) in [5, 5.41) is 17.5. The first-order chi connectivity index (χ1) is 17.6. The Hall–Kier alpha value is -2.50. The lowest BCUT2D eigenvalue weighted by molar-refractivity contribution is -0.193. The minimum atomic E-state index is -5.08. The summed E-state index contributed by atoms with van der Waals surface area (Å²) in [4.78, 5) is 41.3. The second-order valence-electron chi connectivity index (χ2n) is 8.91. The predicted molar refractivity (Wildman–Crippen MR) is 120 cm³/mol. The fraction of sp³-hybridized carbons (Fsp3) is 0.714. The second kappa shape index (κ2) is 13.5. The highest BCUT2D eigenvalue weighted by Gasteiger charge is 2.43. The van der Waals surface area contributed by atoms with Gasteiger partial charge in [0.15, 0.2) is 0 Å². The highest BCUT2D eigenvalue weighted by molar-refractivity contribution is 7.09. The van der Waals surface area contributed by atoms with E-state index in [0.717, 1.165) is 52.2 Å². The quantitative estimate of drug-likeness (QED) is 0.518. The van der Waals surface area contributed by atoms with E-state index in [1.54, 1.807) is 11.3 Å². The molecule has 0 aliphatic carbocycles. The zero-order chi connectivity index (χ0) is 28.7. The molecular weight excluding hydrogens is 550 g/mol. The number of fused-ring (bicyclic) bond motifs is 1. The Balaban J connectivity index is 0.000000301. The molecule has 17 heteroatoms. The van der Waals surface area contributed by atoms with Crippen molar-refractivity contribution in [3.05, 3.63) is 16.6 Å². The van der Waals surface area contributed by atoms with Gasteiger partial charge >= 0.3 is 24.3 Å². The molecule has 0 unspecified atom stereocenters. The summed E-state index contributed by atoms with van der Waals surface area (Å²) in [6.07, 6.45) is -6.29. The van der Waals surface area contributed by atoms with E-state index >= 15 is 0 Å². The molecule has 1 aromatic heterocycles. The third kappa shape index (κ3) is 10.3. The zero-order valence-electron chi connectivity index (χ0n) is 20.2. The van der Waals surface area contributed by atoms with E-state index in [9.17, 15) is 31.1 Å². The molecule has 1 aromatic rings. The molecule has 0 aromatic carbocycles. The maximum absolute atomic E-state index is 12.5. The third-order valence-electron chi connectivity index (χ3n) is 5.98. The number of carbonyl (C=O) groups is 3. The van der Waals surface area contributed by atoms with Crippen LogP contribution in [-0.4, -0.2) is 119 Å². The number of hydrogen-bond donors (Lipinski definition) is 2. The summed E-state index contributed by atoms with van der Waals surface area (Å²) < 4.78 is 69.7. The van der Waals surface area contributed by atoms with Gasteiger partial charge in [-0.1, -0.05) is 0 Å². The summed E-state index contributed by atoms with van der Waals surface area (Å²) in [6, 6.07) is 0. The first kappa shape index (κ1) is 31.7. The van der Waals surface area contributed by atoms with Crippen LogP contribution in [0.15, 0.2) is 11.6 Å². The molecule has 0 spiro atoms. The number of aliphatic carboxylic acids is 2. The van der Waals surface area contributed by atoms with Crippen molar-refractivity contribution >= 4 is 29.2 Å². The number of hydrogen-bond acceptors (Lipinski definition) is 8. The number of carbonyl (C=O) groups excluding carboxylic acids is 1. The van der Waals surface area contributed by atoms with E-state index in [-0.39, 0.29) is 12.0 Å². The monoisotopic (exact) mass is 578 g/mol. The van der Waals surface area contributed by atoms with Gasteiger partial charge in [-0.2, -0.15) is 26.3 Å². The predicted octanol–water partition coefficient (Wildman–Crippen LogP) is 2.16. The number of nitrogens with zero attached hydrogens (tertiary/aromatic N) is 4. The number of alkyl halides is 6. The van der Waals surface area contributed by atoms with Gasteiger partial charge in [0.2, 0.25) is 5.91 Å². The van der Waals surface area contributed by atoms with Crippen LogP contribution >= 0.6 is 11.3 Å². The first-order valence-electron chi connectivity index (χ1n) is 11.4. The molecule has 216 valence electrons. The maximum atomic E-state index is 12.5. The largest absolute Gasteiger partial charge is 0.490 e. The standard InChI is InChI=1S/C17H26N4O2S.2C2HF3O2/c1-19-3-5-21(6-4-19)17(22)9-14-8-13-10-20(11-15(13)23-14)12-16-18-2-7-24-16;2*3-2(4,5)1(6)7/h2,7,13-15H,3-6,8-12H2,1H3;2*(H,6,7)/t13-,14+,15+;;/m0../s1. The molecular formula is C21H28F6N4O6S. The lowest BCUT2D eigenvalue weighted by Gasteiger charge is -2.33. The van der Waals surface area contributed by atoms with Crippen molar-refractivity contribution in [2.24, 2.45) is 5.92 Å². The van der Waals surface area contributed by atoms with Gasteiger partial charge in [0.1, 0.15) is 5.01 Å². The Morgan fingerprint density at radius 1 is 1.03 bits per heavy atom. The number of piperazine rings is 1. The Morgan fingerprint density at radius 2 is 1.58 bits per heavy atom. The van der Waals surface area contributed by atoms with Crippen LogP contribution in [0.25, 0.3) is 0 Å². The van der Waals surface area contributed by atoms with Crippen molar-refractivity contribution in [1.82, 2.24) is 19.7 Å². The van der Waals surface area contributed by atoms with E-state index in [4.69, 9.17) is 24.5 Å². The Kier molecular flexibility index (Phi) is 11.3. The number of halogens is 6. The average molecular weight is 579 g/mol. The van der Waals surface area contributed by atoms with Crippen LogP contribution in [0.1, 0.15) is 17.8 Å². The Bertz CT molecular complexity index is 886. The molecule has 3 aliphatic rings. The van der Waals surface area contributed by atoms with Gasteiger partial charge < -0.3 is 24.7 Å². The van der Waals surface area contributed by atoms with Crippen LogP contribution in [0.5, 0.6) is 0 Å². The number of thiazole rings is 1. The van der Waals surface area contributed by atoms with Gasteiger partial charge in [-0.3, -0.25) is 9.69 Å². The maximum Gasteiger partial charge on any atom is 0.490 e. The number of likely N-dealkylation sites (tertiary alicyclic amines) is 1. The number of carboxylic acid groups (broad SMARTS) is 2. The molecule has 0 bridgehead atoms. The Morgan fingerprint density at radius 3 is 2.03 bits per heavy atom. The topological polar surface area (TPSA) is 124 Å². The van der Waals surface area contributed by atoms with E-state index < -0.39 is 24.3 Å². The highest BCUT2D eigenvalue weighted by Crippen LogP contribution is 2.35. The molecule has 0 radical (unpaired) electrons. The fourth-order valence-corrected chi connectivity index (χ4v) is 4.77. The van der Waals surface area contributed by atoms with Crippen molar-refractivity contribution < 1.29 is 55.7 Å². The number of carboxylic acids is 2. The lowest BCUT2D eigenvalue weighted by atomic mass is 10.0. The second-order valence-corrected chi connectivity index (χ2v) is 9.89. The Labute approximate surface area is 217 Å². The van der Waals surface area contributed by atoms with Crippen LogP contribution in [0.2, 0.25) is 0 Å². The third-order valence-corrected chi connectivity index (χ3v) is 6.74. The average Bonchev–Trinajstić information content (AvgIpc) is 3.51. The van der Waals surface area contributed by atoms with Crippen molar-refractivity contribution in [2.75, 3.05) is 46.3 Å². The molecule has 3 atom stereocenters. The molecule has 4 heterocycles. The van der Waals surface area contributed by atoms with Gasteiger partial charge in [-0.05, 0) is 13.5 Å². The minimum absolute atomic E-state index is 0.120. The molecule has 38 heavy (non-hydrogen) atoms. The van der Waals surface area contributed by atoms with Crippen LogP contribution in [0.4, 0.5) is 26.3 Å². The van der Waals surface area contributed by atoms with E-state index in [2.05, 4.69) is 21.8 Å². The molecule has 10 nitrogen and oxygen atoms in total. The summed E-state index contributed by atoms with van der Waals surface area (Å²) in [6.45, 7) is 6.65. The summed E-state index contributed by atoms with van der Waals surface area (Å²) in [5.74, 6) is -4.66. The molecule has 3 aliphatic heterocycles. The van der Waals surface area contributed by atoms with Gasteiger partial charge in [-0.25, -0.2) is 14.6 Å². The van der Waals surface area contributed by atoms with Crippen molar-refractivity contribution in [3.63, 3.8) is 0 Å². The lowest BCUT2D eigenvalue weighted by Crippen LogP contribution is -2.47. The van der Waals surface area contributed by atoms with Crippen molar-refractivity contribution in [1.29, 1.82) is 0 Å². The van der Waals surface area contributed by atoms with Crippen LogP contribution in [0.3, 0.4) is 0 Å². The summed E-state index contributed by atoms with van der Waals surface area (Å²) >= 11 is 1.72. The number of likely N-dealkylation sites (N-methyl/N-ethyl adjacent to an activating group) is 1. The van der Waals surface area contributed by atoms with Crippen LogP contribution in [-0.2, 0) is 25.7 Å². The summed E-state index contributed by atoms with van der Waals surface area (Å²) in [5.41, 5.74) is 0. The SMILES string of the molecule is CN1CCN(C(=O)C[C@H]2C[C@H]3CN(Cc4nccs4)C[C@H]3O2)CC1.O=C(O)C(F)(F)F.O=C(O)C(F)(F)F. The van der Waals surface area contributed by atoms with Gasteiger partial charge in [-0.15, -0.1) is 11.3 Å². The molecule has 4 rings (SSSR count). The normalized spacial score (nSPS) is 24.1. The minimum Gasteiger partial charge on any atom is -0.475 e. The van der Waals surface area contributed by atoms with E-state index in [0.29, 0.717) is 18.4 Å². The van der Waals surface area contributed by atoms with E-state index in [1.807, 2.05) is 16.5 Å². The number of aromatic nitrogens is 1. The van der Waals surface area contributed by atoms with Crippen molar-refractivity contribution in [2.45, 2.75) is 43.9 Å². The molecule has 1 amide bonds. The number of ether oxygens (including phenoxy) is 1.